The van der Waals surface area contributed by atoms with Crippen molar-refractivity contribution in [1.82, 2.24) is 10.2 Å². The Kier molecular flexibility index (Phi) is 4.49. The SMILES string of the molecule is O=C(c1cccc2ccccc12)N1CCNCC1Cc1ccccc1. The zero-order valence-electron chi connectivity index (χ0n) is 14.2. The number of nitrogens with zero attached hydrogens (tertiary/aromatic N) is 1. The van der Waals surface area contributed by atoms with Gasteiger partial charge in [0.05, 0.1) is 0 Å². The number of carbonyl (C=O) groups is 1. The maximum Gasteiger partial charge on any atom is 0.254 e. The van der Waals surface area contributed by atoms with Crippen LogP contribution in [0.1, 0.15) is 15.9 Å². The number of rotatable bonds is 3. The van der Waals surface area contributed by atoms with Gasteiger partial charge in [-0.1, -0.05) is 66.7 Å². The lowest BCUT2D eigenvalue weighted by Crippen LogP contribution is -2.54. The van der Waals surface area contributed by atoms with E-state index < -0.39 is 0 Å². The quantitative estimate of drug-likeness (QED) is 0.797. The molecule has 126 valence electrons. The molecule has 1 unspecified atom stereocenters. The van der Waals surface area contributed by atoms with Crippen LogP contribution in [-0.2, 0) is 6.42 Å². The van der Waals surface area contributed by atoms with Crippen molar-refractivity contribution in [2.45, 2.75) is 12.5 Å². The second-order valence-corrected chi connectivity index (χ2v) is 6.57. The van der Waals surface area contributed by atoms with Crippen LogP contribution in [0.15, 0.2) is 72.8 Å². The monoisotopic (exact) mass is 330 g/mol. The van der Waals surface area contributed by atoms with E-state index >= 15 is 0 Å². The Bertz CT molecular complexity index is 870. The molecule has 1 N–H and O–H groups in total. The van der Waals surface area contributed by atoms with E-state index in [0.29, 0.717) is 0 Å². The highest BCUT2D eigenvalue weighted by Crippen LogP contribution is 2.22. The molecule has 0 spiro atoms. The van der Waals surface area contributed by atoms with Gasteiger partial charge in [0, 0.05) is 31.2 Å². The fourth-order valence-corrected chi connectivity index (χ4v) is 3.66. The molecule has 1 aliphatic rings. The number of hydrogen-bond acceptors (Lipinski definition) is 2. The van der Waals surface area contributed by atoms with Gasteiger partial charge in [0.15, 0.2) is 0 Å². The maximum absolute atomic E-state index is 13.3. The van der Waals surface area contributed by atoms with Crippen LogP contribution in [0.25, 0.3) is 10.8 Å². The summed E-state index contributed by atoms with van der Waals surface area (Å²) in [4.78, 5) is 15.4. The van der Waals surface area contributed by atoms with Gasteiger partial charge in [-0.2, -0.15) is 0 Å². The van der Waals surface area contributed by atoms with Gasteiger partial charge in [0.1, 0.15) is 0 Å². The van der Waals surface area contributed by atoms with Gasteiger partial charge in [-0.05, 0) is 28.8 Å². The van der Waals surface area contributed by atoms with Crippen molar-refractivity contribution in [1.29, 1.82) is 0 Å². The molecular weight excluding hydrogens is 308 g/mol. The maximum atomic E-state index is 13.3. The number of hydrogen-bond donors (Lipinski definition) is 1. The van der Waals surface area contributed by atoms with Crippen LogP contribution in [0.2, 0.25) is 0 Å². The third kappa shape index (κ3) is 3.28. The molecule has 3 aromatic carbocycles. The van der Waals surface area contributed by atoms with Crippen molar-refractivity contribution in [2.24, 2.45) is 0 Å². The Morgan fingerprint density at radius 3 is 2.60 bits per heavy atom. The first-order valence-electron chi connectivity index (χ1n) is 8.86. The second-order valence-electron chi connectivity index (χ2n) is 6.57. The summed E-state index contributed by atoms with van der Waals surface area (Å²) in [5.41, 5.74) is 2.07. The summed E-state index contributed by atoms with van der Waals surface area (Å²) in [5.74, 6) is 0.138. The van der Waals surface area contributed by atoms with Crippen molar-refractivity contribution >= 4 is 16.7 Å². The van der Waals surface area contributed by atoms with Gasteiger partial charge in [0.2, 0.25) is 0 Å². The average molecular weight is 330 g/mol. The smallest absolute Gasteiger partial charge is 0.254 e. The van der Waals surface area contributed by atoms with E-state index in [4.69, 9.17) is 0 Å². The highest BCUT2D eigenvalue weighted by molar-refractivity contribution is 6.07. The van der Waals surface area contributed by atoms with E-state index in [9.17, 15) is 4.79 Å². The molecule has 1 amide bonds. The van der Waals surface area contributed by atoms with E-state index in [1.165, 1.54) is 5.56 Å². The minimum absolute atomic E-state index is 0.138. The number of amides is 1. The van der Waals surface area contributed by atoms with E-state index in [1.54, 1.807) is 0 Å². The minimum atomic E-state index is 0.138. The number of piperazine rings is 1. The molecule has 1 saturated heterocycles. The van der Waals surface area contributed by atoms with Gasteiger partial charge >= 0.3 is 0 Å². The van der Waals surface area contributed by atoms with Crippen molar-refractivity contribution in [3.63, 3.8) is 0 Å². The second kappa shape index (κ2) is 7.08. The van der Waals surface area contributed by atoms with Crippen LogP contribution in [0.5, 0.6) is 0 Å². The van der Waals surface area contributed by atoms with Gasteiger partial charge in [-0.15, -0.1) is 0 Å². The molecule has 25 heavy (non-hydrogen) atoms. The first-order chi connectivity index (χ1) is 12.3. The van der Waals surface area contributed by atoms with Crippen LogP contribution in [0.3, 0.4) is 0 Å². The van der Waals surface area contributed by atoms with Crippen LogP contribution < -0.4 is 5.32 Å². The molecule has 0 bridgehead atoms. The summed E-state index contributed by atoms with van der Waals surface area (Å²) in [6, 6.07) is 24.7. The largest absolute Gasteiger partial charge is 0.333 e. The summed E-state index contributed by atoms with van der Waals surface area (Å²) in [6.45, 7) is 2.44. The summed E-state index contributed by atoms with van der Waals surface area (Å²) in [7, 11) is 0. The Morgan fingerprint density at radius 1 is 0.960 bits per heavy atom. The van der Waals surface area contributed by atoms with Crippen LogP contribution >= 0.6 is 0 Å². The Labute approximate surface area is 148 Å². The molecule has 1 atom stereocenters. The highest BCUT2D eigenvalue weighted by atomic mass is 16.2. The number of fused-ring (bicyclic) bond motifs is 1. The zero-order chi connectivity index (χ0) is 17.1. The molecule has 1 heterocycles. The zero-order valence-corrected chi connectivity index (χ0v) is 14.2. The standard InChI is InChI=1S/C22H22N2O/c25-22(21-12-6-10-18-9-4-5-11-20(18)21)24-14-13-23-16-19(24)15-17-7-2-1-3-8-17/h1-12,19,23H,13-16H2. The van der Waals surface area contributed by atoms with Crippen LogP contribution in [-0.4, -0.2) is 36.5 Å². The molecule has 1 fully saturated rings. The number of benzene rings is 3. The Hall–Kier alpha value is -2.65. The summed E-state index contributed by atoms with van der Waals surface area (Å²) >= 11 is 0. The van der Waals surface area contributed by atoms with Crippen molar-refractivity contribution in [3.8, 4) is 0 Å². The lowest BCUT2D eigenvalue weighted by molar-refractivity contribution is 0.0638. The topological polar surface area (TPSA) is 32.3 Å². The molecule has 0 saturated carbocycles. The summed E-state index contributed by atoms with van der Waals surface area (Å²) in [6.07, 6.45) is 0.879. The number of carbonyl (C=O) groups excluding carboxylic acids is 1. The van der Waals surface area contributed by atoms with E-state index in [2.05, 4.69) is 41.7 Å². The van der Waals surface area contributed by atoms with E-state index in [-0.39, 0.29) is 11.9 Å². The lowest BCUT2D eigenvalue weighted by atomic mass is 9.99. The third-order valence-electron chi connectivity index (χ3n) is 4.95. The molecule has 0 radical (unpaired) electrons. The molecule has 3 heteroatoms. The van der Waals surface area contributed by atoms with Gasteiger partial charge in [-0.3, -0.25) is 4.79 Å². The molecule has 3 nitrogen and oxygen atoms in total. The number of nitrogens with one attached hydrogen (secondary N) is 1. The predicted octanol–water partition coefficient (Wildman–Crippen LogP) is 3.50. The van der Waals surface area contributed by atoms with E-state index in [1.807, 2.05) is 41.3 Å². The average Bonchev–Trinajstić information content (AvgIpc) is 2.68. The third-order valence-corrected chi connectivity index (χ3v) is 4.95. The van der Waals surface area contributed by atoms with Gasteiger partial charge in [0.25, 0.3) is 5.91 Å². The summed E-state index contributed by atoms with van der Waals surface area (Å²) in [5, 5.41) is 5.58. The highest BCUT2D eigenvalue weighted by Gasteiger charge is 2.28. The van der Waals surface area contributed by atoms with E-state index in [0.717, 1.165) is 42.4 Å². The van der Waals surface area contributed by atoms with Gasteiger partial charge < -0.3 is 10.2 Å². The van der Waals surface area contributed by atoms with Crippen molar-refractivity contribution in [2.75, 3.05) is 19.6 Å². The first-order valence-corrected chi connectivity index (χ1v) is 8.86. The molecule has 1 aliphatic heterocycles. The molecule has 0 aromatic heterocycles. The van der Waals surface area contributed by atoms with Crippen molar-refractivity contribution in [3.05, 3.63) is 83.9 Å². The molecular formula is C22H22N2O. The molecule has 4 rings (SSSR count). The Balaban J connectivity index is 1.64. The van der Waals surface area contributed by atoms with Gasteiger partial charge in [-0.25, -0.2) is 0 Å². The first kappa shape index (κ1) is 15.9. The Morgan fingerprint density at radius 2 is 1.72 bits per heavy atom. The normalized spacial score (nSPS) is 17.6. The van der Waals surface area contributed by atoms with Crippen LogP contribution in [0, 0.1) is 0 Å². The van der Waals surface area contributed by atoms with Crippen LogP contribution in [0.4, 0.5) is 0 Å². The fourth-order valence-electron chi connectivity index (χ4n) is 3.66. The fraction of sp³-hybridized carbons (Fsp3) is 0.227. The minimum Gasteiger partial charge on any atom is -0.333 e. The van der Waals surface area contributed by atoms with Crippen molar-refractivity contribution < 1.29 is 4.79 Å². The predicted molar refractivity (Wildman–Crippen MR) is 102 cm³/mol. The summed E-state index contributed by atoms with van der Waals surface area (Å²) < 4.78 is 0. The molecule has 0 aliphatic carbocycles. The lowest BCUT2D eigenvalue weighted by Gasteiger charge is -2.36. The molecule has 3 aromatic rings.